The first-order valence-electron chi connectivity index (χ1n) is 9.95. The van der Waals surface area contributed by atoms with Crippen LogP contribution in [0.2, 0.25) is 0 Å². The molecule has 26 heavy (non-hydrogen) atoms. The standard InChI is InChI=1S/C21H30N4O/c1-3-4-11-25-12-9-17(10-13-25)14-21(22-16-26-23-21)19-15-24(2)20-8-6-5-7-18(19)20/h5-8,15-17,23H,3-4,9-14H2,1-2H3. The molecule has 1 N–H and O–H groups in total. The maximum atomic E-state index is 5.43. The summed E-state index contributed by atoms with van der Waals surface area (Å²) in [6, 6.07) is 8.55. The van der Waals surface area contributed by atoms with Gasteiger partial charge in [-0.2, -0.15) is 0 Å². The topological polar surface area (TPSA) is 41.8 Å². The molecule has 0 saturated carbocycles. The van der Waals surface area contributed by atoms with Gasteiger partial charge in [0.25, 0.3) is 0 Å². The van der Waals surface area contributed by atoms with Crippen molar-refractivity contribution in [2.24, 2.45) is 18.0 Å². The van der Waals surface area contributed by atoms with Crippen molar-refractivity contribution in [3.05, 3.63) is 36.0 Å². The number of hydrogen-bond donors (Lipinski definition) is 1. The second-order valence-electron chi connectivity index (χ2n) is 7.83. The summed E-state index contributed by atoms with van der Waals surface area (Å²) in [6.45, 7) is 5.93. The Kier molecular flexibility index (Phi) is 5.00. The number of likely N-dealkylation sites (tertiary alicyclic amines) is 1. The molecule has 1 aromatic heterocycles. The first kappa shape index (κ1) is 17.6. The number of aliphatic imine (C=N–C) groups is 1. The maximum absolute atomic E-state index is 5.43. The summed E-state index contributed by atoms with van der Waals surface area (Å²) >= 11 is 0. The Hall–Kier alpha value is -1.85. The number of aromatic nitrogens is 1. The third kappa shape index (κ3) is 3.26. The molecule has 4 rings (SSSR count). The van der Waals surface area contributed by atoms with Gasteiger partial charge < -0.3 is 14.3 Å². The van der Waals surface area contributed by atoms with Gasteiger partial charge in [-0.05, 0) is 57.3 Å². The number of rotatable bonds is 6. The SMILES string of the molecule is CCCCN1CCC(CC2(c3cn(C)c4ccccc34)N=CON2)CC1. The van der Waals surface area contributed by atoms with Crippen molar-refractivity contribution >= 4 is 17.3 Å². The molecule has 2 aromatic rings. The number of hydrogen-bond acceptors (Lipinski definition) is 4. The third-order valence-electron chi connectivity index (χ3n) is 6.02. The summed E-state index contributed by atoms with van der Waals surface area (Å²) in [5.74, 6) is 0.665. The van der Waals surface area contributed by atoms with Crippen molar-refractivity contribution in [3.63, 3.8) is 0 Å². The largest absolute Gasteiger partial charge is 0.394 e. The van der Waals surface area contributed by atoms with Gasteiger partial charge in [-0.3, -0.25) is 0 Å². The van der Waals surface area contributed by atoms with E-state index < -0.39 is 5.66 Å². The fourth-order valence-corrected chi connectivity index (χ4v) is 4.48. The lowest BCUT2D eigenvalue weighted by molar-refractivity contribution is 0.0842. The minimum Gasteiger partial charge on any atom is -0.394 e. The lowest BCUT2D eigenvalue weighted by Crippen LogP contribution is -2.41. The Labute approximate surface area is 156 Å². The Bertz CT molecular complexity index is 775. The lowest BCUT2D eigenvalue weighted by Gasteiger charge is -2.35. The number of nitrogens with zero attached hydrogens (tertiary/aromatic N) is 3. The van der Waals surface area contributed by atoms with Crippen LogP contribution in [-0.2, 0) is 17.5 Å². The van der Waals surface area contributed by atoms with E-state index in [0.717, 1.165) is 6.42 Å². The van der Waals surface area contributed by atoms with Crippen molar-refractivity contribution in [1.29, 1.82) is 0 Å². The zero-order valence-electron chi connectivity index (χ0n) is 15.9. The molecule has 0 bridgehead atoms. The lowest BCUT2D eigenvalue weighted by atomic mass is 9.84. The molecule has 0 amide bonds. The van der Waals surface area contributed by atoms with Crippen molar-refractivity contribution in [3.8, 4) is 0 Å². The number of unbranched alkanes of at least 4 members (excludes halogenated alkanes) is 1. The van der Waals surface area contributed by atoms with E-state index in [1.807, 2.05) is 0 Å². The maximum Gasteiger partial charge on any atom is 0.198 e. The predicted octanol–water partition coefficient (Wildman–Crippen LogP) is 3.80. The van der Waals surface area contributed by atoms with Crippen LogP contribution < -0.4 is 5.48 Å². The second-order valence-corrected chi connectivity index (χ2v) is 7.83. The zero-order valence-corrected chi connectivity index (χ0v) is 15.9. The van der Waals surface area contributed by atoms with Crippen LogP contribution in [0, 0.1) is 5.92 Å². The number of fused-ring (bicyclic) bond motifs is 1. The monoisotopic (exact) mass is 354 g/mol. The van der Waals surface area contributed by atoms with Crippen molar-refractivity contribution in [1.82, 2.24) is 14.9 Å². The average Bonchev–Trinajstić information content (AvgIpc) is 3.27. The molecule has 3 heterocycles. The van der Waals surface area contributed by atoms with E-state index in [2.05, 4.69) is 59.4 Å². The van der Waals surface area contributed by atoms with Gasteiger partial charge in [-0.15, -0.1) is 5.48 Å². The van der Waals surface area contributed by atoms with E-state index in [9.17, 15) is 0 Å². The molecule has 1 atom stereocenters. The molecular formula is C21H30N4O. The molecule has 5 heteroatoms. The smallest absolute Gasteiger partial charge is 0.198 e. The van der Waals surface area contributed by atoms with Crippen molar-refractivity contribution in [2.75, 3.05) is 19.6 Å². The highest BCUT2D eigenvalue weighted by Crippen LogP contribution is 2.39. The van der Waals surface area contributed by atoms with E-state index in [1.165, 1.54) is 61.8 Å². The van der Waals surface area contributed by atoms with Gasteiger partial charge >= 0.3 is 0 Å². The summed E-state index contributed by atoms with van der Waals surface area (Å²) in [5, 5.41) is 1.26. The van der Waals surface area contributed by atoms with Gasteiger partial charge in [0, 0.05) is 29.7 Å². The predicted molar refractivity (Wildman–Crippen MR) is 106 cm³/mol. The van der Waals surface area contributed by atoms with Crippen LogP contribution in [0.5, 0.6) is 0 Å². The van der Waals surface area contributed by atoms with E-state index in [4.69, 9.17) is 9.83 Å². The molecule has 0 aliphatic carbocycles. The molecule has 0 spiro atoms. The zero-order chi connectivity index (χ0) is 18.0. The van der Waals surface area contributed by atoms with Crippen LogP contribution in [0.25, 0.3) is 10.9 Å². The second kappa shape index (κ2) is 7.41. The van der Waals surface area contributed by atoms with Crippen LogP contribution in [0.3, 0.4) is 0 Å². The fourth-order valence-electron chi connectivity index (χ4n) is 4.48. The first-order chi connectivity index (χ1) is 12.7. The van der Waals surface area contributed by atoms with Crippen LogP contribution in [0.1, 0.15) is 44.6 Å². The van der Waals surface area contributed by atoms with Crippen molar-refractivity contribution in [2.45, 2.75) is 44.7 Å². The highest BCUT2D eigenvalue weighted by Gasteiger charge is 2.40. The van der Waals surface area contributed by atoms with E-state index in [-0.39, 0.29) is 0 Å². The van der Waals surface area contributed by atoms with Crippen molar-refractivity contribution < 1.29 is 4.84 Å². The molecule has 1 fully saturated rings. The third-order valence-corrected chi connectivity index (χ3v) is 6.02. The van der Waals surface area contributed by atoms with E-state index in [1.54, 1.807) is 6.40 Å². The first-order valence-corrected chi connectivity index (χ1v) is 9.95. The molecule has 0 radical (unpaired) electrons. The normalized spacial score (nSPS) is 24.4. The molecule has 1 aromatic carbocycles. The molecule has 5 nitrogen and oxygen atoms in total. The van der Waals surface area contributed by atoms with Gasteiger partial charge in [0.05, 0.1) is 0 Å². The minimum absolute atomic E-state index is 0.461. The number of aryl methyl sites for hydroxylation is 1. The highest BCUT2D eigenvalue weighted by molar-refractivity contribution is 5.85. The molecule has 140 valence electrons. The molecule has 1 unspecified atom stereocenters. The molecular weight excluding hydrogens is 324 g/mol. The summed E-state index contributed by atoms with van der Waals surface area (Å²) in [7, 11) is 2.10. The molecule has 1 saturated heterocycles. The number of nitrogens with one attached hydrogen (secondary N) is 1. The van der Waals surface area contributed by atoms with Gasteiger partial charge in [0.2, 0.25) is 0 Å². The summed E-state index contributed by atoms with van der Waals surface area (Å²) < 4.78 is 2.19. The van der Waals surface area contributed by atoms with Gasteiger partial charge in [-0.25, -0.2) is 4.99 Å². The van der Waals surface area contributed by atoms with Crippen LogP contribution in [0.15, 0.2) is 35.5 Å². The fraction of sp³-hybridized carbons (Fsp3) is 0.571. The quantitative estimate of drug-likeness (QED) is 0.858. The summed E-state index contributed by atoms with van der Waals surface area (Å²) in [5.41, 5.74) is 5.23. The Morgan fingerprint density at radius 2 is 2.08 bits per heavy atom. The van der Waals surface area contributed by atoms with Crippen LogP contribution in [0.4, 0.5) is 0 Å². The van der Waals surface area contributed by atoms with Crippen LogP contribution in [-0.4, -0.2) is 35.5 Å². The Morgan fingerprint density at radius 3 is 2.81 bits per heavy atom. The summed E-state index contributed by atoms with van der Waals surface area (Å²) in [4.78, 5) is 12.8. The Morgan fingerprint density at radius 1 is 1.27 bits per heavy atom. The summed E-state index contributed by atoms with van der Waals surface area (Å²) in [6.07, 6.45) is 9.84. The van der Waals surface area contributed by atoms with Gasteiger partial charge in [0.1, 0.15) is 0 Å². The number of piperidine rings is 1. The Balaban J connectivity index is 1.54. The van der Waals surface area contributed by atoms with E-state index in [0.29, 0.717) is 5.92 Å². The van der Waals surface area contributed by atoms with E-state index >= 15 is 0 Å². The average molecular weight is 354 g/mol. The number of benzene rings is 1. The molecule has 2 aliphatic heterocycles. The molecule has 2 aliphatic rings. The highest BCUT2D eigenvalue weighted by atomic mass is 16.7. The van der Waals surface area contributed by atoms with Gasteiger partial charge in [-0.1, -0.05) is 31.5 Å². The minimum atomic E-state index is -0.461. The number of hydroxylamine groups is 1. The van der Waals surface area contributed by atoms with Gasteiger partial charge in [0.15, 0.2) is 12.1 Å². The van der Waals surface area contributed by atoms with Crippen LogP contribution >= 0.6 is 0 Å². The number of para-hydroxylation sites is 1.